The molecule has 0 saturated carbocycles. The Bertz CT molecular complexity index is 109. The van der Waals surface area contributed by atoms with Gasteiger partial charge in [-0.25, -0.2) is 0 Å². The fourth-order valence-corrected chi connectivity index (χ4v) is 1.67. The normalized spacial score (nSPS) is 13.5. The molecule has 2 nitrogen and oxygen atoms in total. The zero-order chi connectivity index (χ0) is 10.8. The van der Waals surface area contributed by atoms with Crippen LogP contribution in [0.2, 0.25) is 0 Å². The molecule has 0 unspecified atom stereocenters. The first-order valence-electron chi connectivity index (χ1n) is 6.11. The number of rotatable bonds is 9. The summed E-state index contributed by atoms with van der Waals surface area (Å²) in [6.45, 7) is 6.75. The van der Waals surface area contributed by atoms with Crippen molar-refractivity contribution < 1.29 is 5.11 Å². The highest BCUT2D eigenvalue weighted by atomic mass is 16.3. The van der Waals surface area contributed by atoms with Gasteiger partial charge in [0.05, 0.1) is 6.61 Å². The average Bonchev–Trinajstić information content (AvgIpc) is 2.21. The lowest BCUT2D eigenvalue weighted by Gasteiger charge is -2.22. The SMILES string of the molecule is CCCCC(CCCC)N[C@@H](C)CO. The van der Waals surface area contributed by atoms with E-state index >= 15 is 0 Å². The summed E-state index contributed by atoms with van der Waals surface area (Å²) in [7, 11) is 0. The highest BCUT2D eigenvalue weighted by Gasteiger charge is 2.10. The fraction of sp³-hybridized carbons (Fsp3) is 1.00. The third-order valence-electron chi connectivity index (χ3n) is 2.61. The maximum Gasteiger partial charge on any atom is 0.0582 e. The molecule has 0 radical (unpaired) electrons. The van der Waals surface area contributed by atoms with E-state index in [-0.39, 0.29) is 12.6 Å². The van der Waals surface area contributed by atoms with Crippen molar-refractivity contribution in [1.82, 2.24) is 5.32 Å². The standard InChI is InChI=1S/C12H27NO/c1-4-6-8-12(9-7-5-2)13-11(3)10-14/h11-14H,4-10H2,1-3H3/t11-/m0/s1. The second kappa shape index (κ2) is 9.47. The Morgan fingerprint density at radius 3 is 1.93 bits per heavy atom. The second-order valence-corrected chi connectivity index (χ2v) is 4.23. The third kappa shape index (κ3) is 7.34. The summed E-state index contributed by atoms with van der Waals surface area (Å²) in [5, 5.41) is 12.5. The van der Waals surface area contributed by atoms with Crippen molar-refractivity contribution in [3.05, 3.63) is 0 Å². The monoisotopic (exact) mass is 201 g/mol. The van der Waals surface area contributed by atoms with E-state index in [1.165, 1.54) is 38.5 Å². The Morgan fingerprint density at radius 2 is 1.57 bits per heavy atom. The molecule has 0 aliphatic carbocycles. The summed E-state index contributed by atoms with van der Waals surface area (Å²) < 4.78 is 0. The van der Waals surface area contributed by atoms with E-state index in [1.54, 1.807) is 0 Å². The van der Waals surface area contributed by atoms with Gasteiger partial charge in [-0.2, -0.15) is 0 Å². The Hall–Kier alpha value is -0.0800. The minimum absolute atomic E-state index is 0.244. The molecule has 2 N–H and O–H groups in total. The van der Waals surface area contributed by atoms with Gasteiger partial charge < -0.3 is 10.4 Å². The van der Waals surface area contributed by atoms with Crippen molar-refractivity contribution >= 4 is 0 Å². The van der Waals surface area contributed by atoms with E-state index in [9.17, 15) is 0 Å². The predicted octanol–water partition coefficient (Wildman–Crippen LogP) is 2.71. The number of hydrogen-bond acceptors (Lipinski definition) is 2. The molecule has 0 aliphatic rings. The van der Waals surface area contributed by atoms with Crippen molar-refractivity contribution in [1.29, 1.82) is 0 Å². The molecule has 1 atom stereocenters. The molecule has 0 aromatic heterocycles. The molecule has 0 rings (SSSR count). The molecule has 0 aliphatic heterocycles. The van der Waals surface area contributed by atoms with Crippen LogP contribution in [0.4, 0.5) is 0 Å². The topological polar surface area (TPSA) is 32.3 Å². The number of nitrogens with one attached hydrogen (secondary N) is 1. The fourth-order valence-electron chi connectivity index (χ4n) is 1.67. The second-order valence-electron chi connectivity index (χ2n) is 4.23. The van der Waals surface area contributed by atoms with Crippen LogP contribution >= 0.6 is 0 Å². The van der Waals surface area contributed by atoms with Crippen molar-refractivity contribution in [3.8, 4) is 0 Å². The van der Waals surface area contributed by atoms with Gasteiger partial charge in [-0.05, 0) is 19.8 Å². The van der Waals surface area contributed by atoms with E-state index in [0.29, 0.717) is 6.04 Å². The van der Waals surface area contributed by atoms with Gasteiger partial charge in [0.15, 0.2) is 0 Å². The largest absolute Gasteiger partial charge is 0.395 e. The number of aliphatic hydroxyl groups is 1. The summed E-state index contributed by atoms with van der Waals surface area (Å²) in [6, 6.07) is 0.853. The highest BCUT2D eigenvalue weighted by Crippen LogP contribution is 2.09. The van der Waals surface area contributed by atoms with Crippen LogP contribution in [-0.4, -0.2) is 23.8 Å². The Kier molecular flexibility index (Phi) is 9.42. The number of hydrogen-bond donors (Lipinski definition) is 2. The molecule has 86 valence electrons. The third-order valence-corrected chi connectivity index (χ3v) is 2.61. The minimum atomic E-state index is 0.244. The van der Waals surface area contributed by atoms with Crippen LogP contribution in [0.25, 0.3) is 0 Å². The molecule has 0 amide bonds. The van der Waals surface area contributed by atoms with Gasteiger partial charge in [-0.1, -0.05) is 39.5 Å². The van der Waals surface area contributed by atoms with Crippen LogP contribution in [0.1, 0.15) is 59.3 Å². The van der Waals surface area contributed by atoms with Gasteiger partial charge in [0.1, 0.15) is 0 Å². The van der Waals surface area contributed by atoms with Crippen molar-refractivity contribution in [2.75, 3.05) is 6.61 Å². The van der Waals surface area contributed by atoms with Crippen LogP contribution in [-0.2, 0) is 0 Å². The van der Waals surface area contributed by atoms with Gasteiger partial charge in [0.25, 0.3) is 0 Å². The predicted molar refractivity (Wildman–Crippen MR) is 62.5 cm³/mol. The molecule has 2 heteroatoms. The average molecular weight is 201 g/mol. The van der Waals surface area contributed by atoms with Gasteiger partial charge >= 0.3 is 0 Å². The zero-order valence-electron chi connectivity index (χ0n) is 10.1. The van der Waals surface area contributed by atoms with Crippen LogP contribution in [0.3, 0.4) is 0 Å². The first-order chi connectivity index (χ1) is 6.74. The van der Waals surface area contributed by atoms with Crippen LogP contribution in [0.15, 0.2) is 0 Å². The lowest BCUT2D eigenvalue weighted by Crippen LogP contribution is -2.38. The molecule has 0 saturated heterocycles. The molecule has 0 aromatic rings. The van der Waals surface area contributed by atoms with Crippen molar-refractivity contribution in [2.45, 2.75) is 71.4 Å². The zero-order valence-corrected chi connectivity index (χ0v) is 10.1. The lowest BCUT2D eigenvalue weighted by molar-refractivity contribution is 0.234. The summed E-state index contributed by atoms with van der Waals surface area (Å²) in [4.78, 5) is 0. The molecule has 0 bridgehead atoms. The van der Waals surface area contributed by atoms with Gasteiger partial charge in [0.2, 0.25) is 0 Å². The van der Waals surface area contributed by atoms with E-state index < -0.39 is 0 Å². The van der Waals surface area contributed by atoms with Gasteiger partial charge in [-0.3, -0.25) is 0 Å². The maximum atomic E-state index is 8.97. The summed E-state index contributed by atoms with van der Waals surface area (Å²) in [6.07, 6.45) is 7.61. The van der Waals surface area contributed by atoms with Crippen LogP contribution in [0, 0.1) is 0 Å². The molecule has 0 spiro atoms. The Balaban J connectivity index is 3.71. The van der Waals surface area contributed by atoms with E-state index in [0.717, 1.165) is 0 Å². The highest BCUT2D eigenvalue weighted by molar-refractivity contribution is 4.70. The van der Waals surface area contributed by atoms with Gasteiger partial charge in [-0.15, -0.1) is 0 Å². The molecule has 14 heavy (non-hydrogen) atoms. The van der Waals surface area contributed by atoms with Crippen molar-refractivity contribution in [2.24, 2.45) is 0 Å². The maximum absolute atomic E-state index is 8.97. The molecule has 0 fully saturated rings. The van der Waals surface area contributed by atoms with Gasteiger partial charge in [0, 0.05) is 12.1 Å². The first kappa shape index (κ1) is 13.9. The minimum Gasteiger partial charge on any atom is -0.395 e. The molecule has 0 aromatic carbocycles. The Morgan fingerprint density at radius 1 is 1.07 bits per heavy atom. The Labute approximate surface area is 89.1 Å². The van der Waals surface area contributed by atoms with E-state index in [2.05, 4.69) is 19.2 Å². The number of aliphatic hydroxyl groups excluding tert-OH is 1. The molecular formula is C12H27NO. The summed E-state index contributed by atoms with van der Waals surface area (Å²) in [5.41, 5.74) is 0. The van der Waals surface area contributed by atoms with Crippen LogP contribution < -0.4 is 5.32 Å². The smallest absolute Gasteiger partial charge is 0.0582 e. The number of unbranched alkanes of at least 4 members (excludes halogenated alkanes) is 2. The summed E-state index contributed by atoms with van der Waals surface area (Å²) in [5.74, 6) is 0. The molecule has 0 heterocycles. The van der Waals surface area contributed by atoms with E-state index in [4.69, 9.17) is 5.11 Å². The quantitative estimate of drug-likeness (QED) is 0.601. The summed E-state index contributed by atoms with van der Waals surface area (Å²) >= 11 is 0. The molecular weight excluding hydrogens is 174 g/mol. The van der Waals surface area contributed by atoms with Crippen molar-refractivity contribution in [3.63, 3.8) is 0 Å². The van der Waals surface area contributed by atoms with Crippen LogP contribution in [0.5, 0.6) is 0 Å². The first-order valence-corrected chi connectivity index (χ1v) is 6.11. The van der Waals surface area contributed by atoms with E-state index in [1.807, 2.05) is 6.92 Å². The lowest BCUT2D eigenvalue weighted by atomic mass is 10.0.